The summed E-state index contributed by atoms with van der Waals surface area (Å²) in [5.74, 6) is 0.605. The first-order valence-electron chi connectivity index (χ1n) is 6.77. The summed E-state index contributed by atoms with van der Waals surface area (Å²) in [6.07, 6.45) is 1.76. The molecule has 0 aliphatic rings. The van der Waals surface area contributed by atoms with Crippen LogP contribution in [0.5, 0.6) is 17.2 Å². The molecule has 1 radical (unpaired) electrons. The van der Waals surface area contributed by atoms with Gasteiger partial charge >= 0.3 is 0 Å². The Morgan fingerprint density at radius 2 is 1.26 bits per heavy atom. The third kappa shape index (κ3) is 10.8. The highest BCUT2D eigenvalue weighted by atomic mass is 35.6. The van der Waals surface area contributed by atoms with Gasteiger partial charge in [-0.15, -0.1) is 0 Å². The van der Waals surface area contributed by atoms with Crippen LogP contribution in [0.15, 0.2) is 18.2 Å². The van der Waals surface area contributed by atoms with Crippen molar-refractivity contribution in [1.29, 1.82) is 0 Å². The normalized spacial score (nSPS) is 12.3. The summed E-state index contributed by atoms with van der Waals surface area (Å²) < 4.78 is 8.47. The number of hydrogen-bond donors (Lipinski definition) is 0. The molecule has 0 saturated heterocycles. The molecule has 0 aromatic heterocycles. The van der Waals surface area contributed by atoms with Gasteiger partial charge in [-0.2, -0.15) is 0 Å². The molecule has 131 valence electrons. The van der Waals surface area contributed by atoms with E-state index in [2.05, 4.69) is 0 Å². The van der Waals surface area contributed by atoms with Crippen LogP contribution >= 0.6 is 69.6 Å². The number of rotatable bonds is 8. The van der Waals surface area contributed by atoms with Crippen molar-refractivity contribution in [3.63, 3.8) is 0 Å². The maximum absolute atomic E-state index is 11.4. The average Bonchev–Trinajstić information content (AvgIpc) is 2.39. The summed E-state index contributed by atoms with van der Waals surface area (Å²) in [6, 6.07) is 4.28. The van der Waals surface area contributed by atoms with Crippen molar-refractivity contribution in [3.05, 3.63) is 18.2 Å². The maximum atomic E-state index is 11.4. The molecule has 0 aliphatic heterocycles. The van der Waals surface area contributed by atoms with Crippen molar-refractivity contribution in [2.45, 2.75) is 33.3 Å². The Labute approximate surface area is 165 Å². The van der Waals surface area contributed by atoms with Crippen molar-refractivity contribution >= 4 is 69.6 Å². The summed E-state index contributed by atoms with van der Waals surface area (Å²) in [5.41, 5.74) is 0. The van der Waals surface area contributed by atoms with E-state index in [1.807, 2.05) is 0 Å². The molecule has 0 N–H and O–H groups in total. The predicted octanol–water partition coefficient (Wildman–Crippen LogP) is 6.89. The van der Waals surface area contributed by atoms with Crippen LogP contribution in [0.3, 0.4) is 0 Å². The van der Waals surface area contributed by atoms with Crippen molar-refractivity contribution in [2.75, 3.05) is 13.2 Å². The molecule has 1 aromatic rings. The molecule has 0 aliphatic carbocycles. The summed E-state index contributed by atoms with van der Waals surface area (Å²) in [6.45, 7) is 0.624. The number of benzene rings is 1. The van der Waals surface area contributed by atoms with Gasteiger partial charge in [-0.05, 0) is 37.8 Å². The Bertz CT molecular complexity index is 484. The molecule has 0 saturated carbocycles. The monoisotopic (exact) mass is 441 g/mol. The van der Waals surface area contributed by atoms with Gasteiger partial charge in [-0.25, -0.2) is 0 Å². The van der Waals surface area contributed by atoms with E-state index in [1.54, 1.807) is 6.07 Å². The van der Waals surface area contributed by atoms with Crippen molar-refractivity contribution in [1.82, 2.24) is 0 Å². The van der Waals surface area contributed by atoms with E-state index in [4.69, 9.17) is 79.1 Å². The minimum Gasteiger partial charge on any atom is -0.490 e. The van der Waals surface area contributed by atoms with Crippen molar-refractivity contribution < 1.29 is 14.6 Å². The highest BCUT2D eigenvalue weighted by Crippen LogP contribution is 2.34. The lowest BCUT2D eigenvalue weighted by atomic mass is 10.3. The quantitative estimate of drug-likeness (QED) is 0.324. The fraction of sp³-hybridized carbons (Fsp3) is 0.571. The first-order valence-corrected chi connectivity index (χ1v) is 9.04. The maximum Gasteiger partial charge on any atom is 0.190 e. The first kappa shape index (κ1) is 21.4. The predicted molar refractivity (Wildman–Crippen MR) is 96.6 cm³/mol. The van der Waals surface area contributed by atoms with E-state index in [0.717, 1.165) is 0 Å². The molecule has 9 heteroatoms. The van der Waals surface area contributed by atoms with Gasteiger partial charge in [0, 0.05) is 6.07 Å². The standard InChI is InChI=1S/C14H15Cl6O3/c15-13(16,17)5-1-7-22-11-4-3-10(21)9-12(11)23-8-2-6-14(18,19)20/h3-4,9H,1-2,5-8H2. The number of hydrogen-bond acceptors (Lipinski definition) is 2. The molecule has 0 heterocycles. The molecule has 1 aromatic carbocycles. The Hall–Kier alpha value is 0.360. The number of ether oxygens (including phenoxy) is 2. The molecule has 0 bridgehead atoms. The summed E-state index contributed by atoms with van der Waals surface area (Å²) in [4.78, 5) is 0. The largest absolute Gasteiger partial charge is 0.490 e. The van der Waals surface area contributed by atoms with E-state index < -0.39 is 7.59 Å². The van der Waals surface area contributed by atoms with E-state index in [9.17, 15) is 5.11 Å². The fourth-order valence-electron chi connectivity index (χ4n) is 1.63. The smallest absolute Gasteiger partial charge is 0.190 e. The Morgan fingerprint density at radius 3 is 1.74 bits per heavy atom. The van der Waals surface area contributed by atoms with Gasteiger partial charge < -0.3 is 9.47 Å². The van der Waals surface area contributed by atoms with E-state index in [-0.39, 0.29) is 5.75 Å². The zero-order valence-corrected chi connectivity index (χ0v) is 16.5. The number of alkyl halides is 6. The third-order valence-electron chi connectivity index (χ3n) is 2.64. The molecular weight excluding hydrogens is 429 g/mol. The SMILES string of the molecule is [O]c1ccc(OCCCC(Cl)(Cl)Cl)c(OCCCC(Cl)(Cl)Cl)c1. The van der Waals surface area contributed by atoms with Crippen LogP contribution in [0.4, 0.5) is 0 Å². The molecule has 0 unspecified atom stereocenters. The van der Waals surface area contributed by atoms with Gasteiger partial charge in [0.1, 0.15) is 0 Å². The lowest BCUT2D eigenvalue weighted by Gasteiger charge is -2.15. The topological polar surface area (TPSA) is 38.4 Å². The fourth-order valence-corrected chi connectivity index (χ4v) is 2.43. The second-order valence-electron chi connectivity index (χ2n) is 4.74. The average molecular weight is 444 g/mol. The van der Waals surface area contributed by atoms with Crippen LogP contribution in [0, 0.1) is 0 Å². The second kappa shape index (κ2) is 9.74. The lowest BCUT2D eigenvalue weighted by molar-refractivity contribution is 0.257. The van der Waals surface area contributed by atoms with Crippen molar-refractivity contribution in [3.8, 4) is 17.2 Å². The molecule has 0 spiro atoms. The van der Waals surface area contributed by atoms with Gasteiger partial charge in [0.2, 0.25) is 0 Å². The molecule has 0 amide bonds. The molecular formula is C14H15Cl6O3. The van der Waals surface area contributed by atoms with Crippen LogP contribution in [0.25, 0.3) is 0 Å². The molecule has 0 fully saturated rings. The van der Waals surface area contributed by atoms with Gasteiger partial charge in [0.15, 0.2) is 24.8 Å². The summed E-state index contributed by atoms with van der Waals surface area (Å²) >= 11 is 34.0. The van der Waals surface area contributed by atoms with Crippen LogP contribution in [-0.2, 0) is 5.11 Å². The number of halogens is 6. The van der Waals surface area contributed by atoms with Gasteiger partial charge in [-0.3, -0.25) is 5.11 Å². The molecule has 3 nitrogen and oxygen atoms in total. The van der Waals surface area contributed by atoms with Gasteiger partial charge in [0.05, 0.1) is 13.2 Å². The minimum atomic E-state index is -1.32. The van der Waals surface area contributed by atoms with Crippen LogP contribution in [0.1, 0.15) is 25.7 Å². The van der Waals surface area contributed by atoms with Gasteiger partial charge in [0.25, 0.3) is 0 Å². The van der Waals surface area contributed by atoms with Crippen LogP contribution < -0.4 is 9.47 Å². The van der Waals surface area contributed by atoms with Crippen LogP contribution in [0.2, 0.25) is 0 Å². The summed E-state index contributed by atoms with van der Waals surface area (Å²) in [5, 5.41) is 11.4. The first-order chi connectivity index (χ1) is 10.6. The Balaban J connectivity index is 2.49. The van der Waals surface area contributed by atoms with Crippen molar-refractivity contribution in [2.24, 2.45) is 0 Å². The lowest BCUT2D eigenvalue weighted by Crippen LogP contribution is -2.08. The minimum absolute atomic E-state index is 0.185. The molecule has 0 atom stereocenters. The Morgan fingerprint density at radius 1 is 0.783 bits per heavy atom. The highest BCUT2D eigenvalue weighted by molar-refractivity contribution is 6.67. The second-order valence-corrected chi connectivity index (χ2v) is 9.78. The zero-order valence-electron chi connectivity index (χ0n) is 12.0. The summed E-state index contributed by atoms with van der Waals surface area (Å²) in [7, 11) is 0. The Kier molecular flexibility index (Phi) is 9.07. The van der Waals surface area contributed by atoms with Gasteiger partial charge in [-0.1, -0.05) is 69.6 Å². The van der Waals surface area contributed by atoms with E-state index in [0.29, 0.717) is 50.4 Å². The van der Waals surface area contributed by atoms with E-state index in [1.165, 1.54) is 12.1 Å². The highest BCUT2D eigenvalue weighted by Gasteiger charge is 2.20. The third-order valence-corrected chi connectivity index (χ3v) is 3.77. The molecule has 23 heavy (non-hydrogen) atoms. The molecule has 1 rings (SSSR count). The zero-order chi connectivity index (χ0) is 17.5. The van der Waals surface area contributed by atoms with Crippen LogP contribution in [-0.4, -0.2) is 20.8 Å². The van der Waals surface area contributed by atoms with E-state index >= 15 is 0 Å².